The Morgan fingerprint density at radius 3 is 3.00 bits per heavy atom. The molecule has 0 aliphatic rings. The molecule has 0 amide bonds. The molecule has 0 aliphatic carbocycles. The summed E-state index contributed by atoms with van der Waals surface area (Å²) in [4.78, 5) is 11.3. The molecular weight excluding hydrogens is 234 g/mol. The van der Waals surface area contributed by atoms with Crippen LogP contribution < -0.4 is 5.56 Å². The van der Waals surface area contributed by atoms with E-state index in [1.54, 1.807) is 6.07 Å². The third kappa shape index (κ3) is 1.35. The fraction of sp³-hybridized carbons (Fsp3) is 0.125. The quantitative estimate of drug-likeness (QED) is 0.756. The number of rotatable bonds is 0. The first kappa shape index (κ1) is 8.37. The molecule has 0 bridgehead atoms. The molecule has 1 aromatic carbocycles. The van der Waals surface area contributed by atoms with Crippen molar-refractivity contribution in [3.05, 3.63) is 32.5 Å². The Bertz CT molecular complexity index is 520. The van der Waals surface area contributed by atoms with Crippen molar-refractivity contribution in [3.63, 3.8) is 0 Å². The van der Waals surface area contributed by atoms with Crippen LogP contribution in [0, 0.1) is 6.92 Å². The van der Waals surface area contributed by atoms with Gasteiger partial charge in [-0.25, -0.2) is 5.10 Å². The van der Waals surface area contributed by atoms with E-state index in [1.807, 2.05) is 13.0 Å². The summed E-state index contributed by atoms with van der Waals surface area (Å²) in [5, 5.41) is 10.1. The first-order chi connectivity index (χ1) is 6.18. The molecule has 0 saturated heterocycles. The molecule has 0 aliphatic heterocycles. The largest absolute Gasteiger partial charge is 0.275 e. The molecule has 0 radical (unpaired) electrons. The van der Waals surface area contributed by atoms with Gasteiger partial charge in [-0.2, -0.15) is 0 Å². The maximum atomic E-state index is 11.3. The monoisotopic (exact) mass is 239 g/mol. The van der Waals surface area contributed by atoms with Crippen molar-refractivity contribution >= 4 is 26.8 Å². The number of nitrogens with one attached hydrogen (secondary N) is 1. The van der Waals surface area contributed by atoms with Crippen LogP contribution in [-0.2, 0) is 0 Å². The predicted octanol–water partition coefficient (Wildman–Crippen LogP) is 1.39. The zero-order valence-electron chi connectivity index (χ0n) is 6.84. The van der Waals surface area contributed by atoms with E-state index in [4.69, 9.17) is 0 Å². The number of halogens is 1. The molecule has 13 heavy (non-hydrogen) atoms. The minimum absolute atomic E-state index is 0.217. The average Bonchev–Trinajstić information content (AvgIpc) is 2.09. The van der Waals surface area contributed by atoms with E-state index in [1.165, 1.54) is 0 Å². The lowest BCUT2D eigenvalue weighted by molar-refractivity contribution is 0.872. The number of hydrogen-bond acceptors (Lipinski definition) is 3. The molecule has 2 aromatic rings. The number of aromatic amines is 1. The number of aryl methyl sites for hydroxylation is 1. The molecule has 5 heteroatoms. The zero-order chi connectivity index (χ0) is 9.42. The predicted molar refractivity (Wildman–Crippen MR) is 52.6 cm³/mol. The smallest absolute Gasteiger partial charge is 0.267 e. The molecule has 1 heterocycles. The van der Waals surface area contributed by atoms with Crippen molar-refractivity contribution in [2.45, 2.75) is 6.92 Å². The van der Waals surface area contributed by atoms with Gasteiger partial charge in [0.2, 0.25) is 0 Å². The molecule has 0 atom stereocenters. The Balaban J connectivity index is 2.97. The zero-order valence-corrected chi connectivity index (χ0v) is 8.42. The van der Waals surface area contributed by atoms with Gasteiger partial charge in [-0.3, -0.25) is 4.79 Å². The highest BCUT2D eigenvalue weighted by atomic mass is 79.9. The fourth-order valence-corrected chi connectivity index (χ4v) is 1.46. The van der Waals surface area contributed by atoms with Gasteiger partial charge in [0.15, 0.2) is 0 Å². The summed E-state index contributed by atoms with van der Waals surface area (Å²) >= 11 is 3.35. The topological polar surface area (TPSA) is 58.6 Å². The third-order valence-corrected chi connectivity index (χ3v) is 2.69. The molecular formula is C8H6BrN3O. The van der Waals surface area contributed by atoms with E-state index < -0.39 is 0 Å². The molecule has 2 rings (SSSR count). The van der Waals surface area contributed by atoms with E-state index >= 15 is 0 Å². The highest BCUT2D eigenvalue weighted by Crippen LogP contribution is 2.19. The molecule has 0 unspecified atom stereocenters. The van der Waals surface area contributed by atoms with Crippen molar-refractivity contribution in [3.8, 4) is 0 Å². The van der Waals surface area contributed by atoms with Gasteiger partial charge in [-0.05, 0) is 24.6 Å². The number of fused-ring (bicyclic) bond motifs is 1. The summed E-state index contributed by atoms with van der Waals surface area (Å²) in [6, 6.07) is 3.57. The van der Waals surface area contributed by atoms with Crippen molar-refractivity contribution in [1.82, 2.24) is 15.4 Å². The molecule has 0 fully saturated rings. The molecule has 66 valence electrons. The van der Waals surface area contributed by atoms with E-state index in [2.05, 4.69) is 31.3 Å². The maximum Gasteiger partial charge on any atom is 0.275 e. The normalized spacial score (nSPS) is 10.6. The lowest BCUT2D eigenvalue weighted by Gasteiger charge is -1.98. The standard InChI is InChI=1S/C8H6BrN3O/c1-4-2-7-5(3-6(4)9)8(13)11-12-10-7/h2-3H,1H3,(H,10,11,13). The summed E-state index contributed by atoms with van der Waals surface area (Å²) < 4.78 is 0.901. The average molecular weight is 240 g/mol. The van der Waals surface area contributed by atoms with Crippen LogP contribution in [0.15, 0.2) is 21.4 Å². The van der Waals surface area contributed by atoms with Gasteiger partial charge in [0.25, 0.3) is 5.56 Å². The van der Waals surface area contributed by atoms with Crippen LogP contribution in [0.25, 0.3) is 10.9 Å². The highest BCUT2D eigenvalue weighted by molar-refractivity contribution is 9.10. The van der Waals surface area contributed by atoms with Crippen LogP contribution in [0.5, 0.6) is 0 Å². The van der Waals surface area contributed by atoms with Gasteiger partial charge in [0.05, 0.1) is 5.39 Å². The fourth-order valence-electron chi connectivity index (χ4n) is 1.12. The SMILES string of the molecule is Cc1cc2nn[nH]c(=O)c2cc1Br. The molecule has 1 aromatic heterocycles. The van der Waals surface area contributed by atoms with Gasteiger partial charge in [-0.15, -0.1) is 5.10 Å². The van der Waals surface area contributed by atoms with Crippen molar-refractivity contribution in [2.24, 2.45) is 0 Å². The Hall–Kier alpha value is -1.23. The number of aromatic nitrogens is 3. The van der Waals surface area contributed by atoms with Gasteiger partial charge >= 0.3 is 0 Å². The summed E-state index contributed by atoms with van der Waals surface area (Å²) in [6.45, 7) is 1.94. The van der Waals surface area contributed by atoms with Crippen LogP contribution in [0.2, 0.25) is 0 Å². The Kier molecular flexibility index (Phi) is 1.88. The maximum absolute atomic E-state index is 11.3. The number of benzene rings is 1. The lowest BCUT2D eigenvalue weighted by Crippen LogP contribution is -2.09. The first-order valence-corrected chi connectivity index (χ1v) is 4.49. The van der Waals surface area contributed by atoms with Crippen LogP contribution in [0.4, 0.5) is 0 Å². The van der Waals surface area contributed by atoms with E-state index in [-0.39, 0.29) is 5.56 Å². The van der Waals surface area contributed by atoms with Crippen LogP contribution in [0.3, 0.4) is 0 Å². The number of H-pyrrole nitrogens is 1. The van der Waals surface area contributed by atoms with Crippen LogP contribution in [0.1, 0.15) is 5.56 Å². The molecule has 4 nitrogen and oxygen atoms in total. The van der Waals surface area contributed by atoms with Gasteiger partial charge in [0.1, 0.15) is 5.52 Å². The van der Waals surface area contributed by atoms with E-state index in [0.717, 1.165) is 10.0 Å². The first-order valence-electron chi connectivity index (χ1n) is 3.70. The lowest BCUT2D eigenvalue weighted by atomic mass is 10.2. The molecule has 0 spiro atoms. The summed E-state index contributed by atoms with van der Waals surface area (Å²) in [5.74, 6) is 0. The second-order valence-corrected chi connectivity index (χ2v) is 3.61. The van der Waals surface area contributed by atoms with Gasteiger partial charge in [0, 0.05) is 4.47 Å². The Morgan fingerprint density at radius 1 is 1.46 bits per heavy atom. The van der Waals surface area contributed by atoms with Crippen molar-refractivity contribution in [2.75, 3.05) is 0 Å². The third-order valence-electron chi connectivity index (χ3n) is 1.83. The minimum atomic E-state index is -0.217. The summed E-state index contributed by atoms with van der Waals surface area (Å²) in [5.41, 5.74) is 1.43. The second-order valence-electron chi connectivity index (χ2n) is 2.76. The molecule has 0 saturated carbocycles. The van der Waals surface area contributed by atoms with Gasteiger partial charge in [-0.1, -0.05) is 21.1 Å². The summed E-state index contributed by atoms with van der Waals surface area (Å²) in [7, 11) is 0. The Morgan fingerprint density at radius 2 is 2.23 bits per heavy atom. The Labute approximate surface area is 82.1 Å². The summed E-state index contributed by atoms with van der Waals surface area (Å²) in [6.07, 6.45) is 0. The highest BCUT2D eigenvalue weighted by Gasteiger charge is 2.03. The van der Waals surface area contributed by atoms with Crippen molar-refractivity contribution < 1.29 is 0 Å². The number of hydrogen-bond donors (Lipinski definition) is 1. The van der Waals surface area contributed by atoms with E-state index in [9.17, 15) is 4.79 Å². The molecule has 1 N–H and O–H groups in total. The second kappa shape index (κ2) is 2.92. The van der Waals surface area contributed by atoms with Gasteiger partial charge < -0.3 is 0 Å². The van der Waals surface area contributed by atoms with Crippen LogP contribution >= 0.6 is 15.9 Å². The minimum Gasteiger partial charge on any atom is -0.267 e. The van der Waals surface area contributed by atoms with Crippen LogP contribution in [-0.4, -0.2) is 15.4 Å². The van der Waals surface area contributed by atoms with E-state index in [0.29, 0.717) is 10.9 Å². The number of nitrogens with zero attached hydrogens (tertiary/aromatic N) is 2. The van der Waals surface area contributed by atoms with Crippen molar-refractivity contribution in [1.29, 1.82) is 0 Å².